The van der Waals surface area contributed by atoms with E-state index in [0.29, 0.717) is 0 Å². The molecule has 0 rings (SSSR count). The first kappa shape index (κ1) is 10.9. The van der Waals surface area contributed by atoms with Crippen molar-refractivity contribution in [1.82, 2.24) is 0 Å². The fourth-order valence-electron chi connectivity index (χ4n) is 0.221. The lowest BCUT2D eigenvalue weighted by Crippen LogP contribution is -1.66. The Labute approximate surface area is 69.6 Å². The summed E-state index contributed by atoms with van der Waals surface area (Å²) in [5.41, 5.74) is 0. The van der Waals surface area contributed by atoms with E-state index in [1.54, 1.807) is 0 Å². The van der Waals surface area contributed by atoms with Crippen LogP contribution in [0.3, 0.4) is 0 Å². The third kappa shape index (κ3) is 10.9. The van der Waals surface area contributed by atoms with Gasteiger partial charge in [-0.3, -0.25) is 0 Å². The van der Waals surface area contributed by atoms with Crippen molar-refractivity contribution in [1.29, 1.82) is 0 Å². The van der Waals surface area contributed by atoms with E-state index >= 15 is 0 Å². The Kier molecular flexibility index (Phi) is 15.6. The summed E-state index contributed by atoms with van der Waals surface area (Å²) in [5, 5.41) is 1.10. The topological polar surface area (TPSA) is 0 Å². The van der Waals surface area contributed by atoms with E-state index in [1.165, 1.54) is 6.42 Å². The molecule has 0 aliphatic carbocycles. The van der Waals surface area contributed by atoms with Crippen LogP contribution in [0.5, 0.6) is 0 Å². The molecular weight excluding hydrogens is 164 g/mol. The first-order chi connectivity index (χ1) is 2.91. The van der Waals surface area contributed by atoms with Crippen LogP contribution in [0.2, 0.25) is 0 Å². The number of alkyl halides is 1. The lowest BCUT2D eigenvalue weighted by molar-refractivity contribution is 0.982. The van der Waals surface area contributed by atoms with Gasteiger partial charge < -0.3 is 0 Å². The average molecular weight is 173 g/mol. The van der Waals surface area contributed by atoms with Gasteiger partial charge in [-0.15, -0.1) is 6.58 Å². The number of allylic oxidation sites excluding steroid dienone is 1. The second-order valence-corrected chi connectivity index (χ2v) is 1.91. The summed E-state index contributed by atoms with van der Waals surface area (Å²) in [7, 11) is 0. The highest BCUT2D eigenvalue weighted by molar-refractivity contribution is 9.09. The minimum atomic E-state index is 0. The van der Waals surface area contributed by atoms with E-state index < -0.39 is 0 Å². The zero-order chi connectivity index (χ0) is 4.83. The molecule has 0 aromatic carbocycles. The maximum absolute atomic E-state index is 3.58. The molecule has 0 spiro atoms. The van der Waals surface area contributed by atoms with Crippen LogP contribution in [-0.2, 0) is 0 Å². The van der Waals surface area contributed by atoms with E-state index in [-0.39, 0.29) is 23.1 Å². The van der Waals surface area contributed by atoms with Gasteiger partial charge in [-0.1, -0.05) is 22.0 Å². The summed E-state index contributed by atoms with van der Waals surface area (Å²) in [4.78, 5) is 0. The number of unbranched alkanes of at least 4 members (excludes halogenated alkanes) is 1. The highest BCUT2D eigenvalue weighted by Crippen LogP contribution is 1.91. The summed E-state index contributed by atoms with van der Waals surface area (Å²) >= 11 is 3.30. The Morgan fingerprint density at radius 3 is 2.29 bits per heavy atom. The molecule has 0 aromatic heterocycles. The monoisotopic (exact) mass is 172 g/mol. The van der Waals surface area contributed by atoms with E-state index in [0.717, 1.165) is 11.8 Å². The standard InChI is InChI=1S/C5H9Br.Mg/c1-2-3-4-5-6;/h2H,1,3-5H2;. The van der Waals surface area contributed by atoms with Crippen LogP contribution in [0.4, 0.5) is 0 Å². The molecule has 0 unspecified atom stereocenters. The number of halogens is 1. The maximum atomic E-state index is 3.58. The number of rotatable bonds is 3. The summed E-state index contributed by atoms with van der Waals surface area (Å²) in [6.45, 7) is 3.58. The molecule has 0 N–H and O–H groups in total. The van der Waals surface area contributed by atoms with Gasteiger partial charge in [-0.05, 0) is 12.8 Å². The van der Waals surface area contributed by atoms with Gasteiger partial charge in [-0.25, -0.2) is 0 Å². The Bertz CT molecular complexity index is 37.1. The van der Waals surface area contributed by atoms with Crippen molar-refractivity contribution >= 4 is 39.0 Å². The van der Waals surface area contributed by atoms with Gasteiger partial charge in [0, 0.05) is 28.4 Å². The third-order valence-electron chi connectivity index (χ3n) is 0.542. The molecule has 7 heavy (non-hydrogen) atoms. The predicted molar refractivity (Wildman–Crippen MR) is 39.0 cm³/mol. The molecule has 2 radical (unpaired) electrons. The Morgan fingerprint density at radius 1 is 1.57 bits per heavy atom. The van der Waals surface area contributed by atoms with Crippen LogP contribution in [0, 0.1) is 0 Å². The zero-order valence-corrected chi connectivity index (χ0v) is 7.49. The van der Waals surface area contributed by atoms with Crippen LogP contribution in [0.25, 0.3) is 0 Å². The normalized spacial score (nSPS) is 7.00. The van der Waals surface area contributed by atoms with Crippen molar-refractivity contribution in [3.8, 4) is 0 Å². The van der Waals surface area contributed by atoms with Crippen molar-refractivity contribution in [3.05, 3.63) is 12.7 Å². The summed E-state index contributed by atoms with van der Waals surface area (Å²) in [6.07, 6.45) is 4.27. The summed E-state index contributed by atoms with van der Waals surface area (Å²) in [5.74, 6) is 0. The van der Waals surface area contributed by atoms with Crippen LogP contribution >= 0.6 is 15.9 Å². The van der Waals surface area contributed by atoms with Crippen LogP contribution in [0.15, 0.2) is 12.7 Å². The molecule has 0 nitrogen and oxygen atoms in total. The smallest absolute Gasteiger partial charge is 0.00342 e. The maximum Gasteiger partial charge on any atom is 0.00342 e. The van der Waals surface area contributed by atoms with Crippen molar-refractivity contribution in [2.45, 2.75) is 12.8 Å². The third-order valence-corrected chi connectivity index (χ3v) is 1.10. The molecule has 0 aliphatic rings. The minimum absolute atomic E-state index is 0. The van der Waals surface area contributed by atoms with Crippen molar-refractivity contribution < 1.29 is 0 Å². The molecule has 0 amide bonds. The Morgan fingerprint density at radius 2 is 2.14 bits per heavy atom. The molecule has 0 aromatic rings. The van der Waals surface area contributed by atoms with Gasteiger partial charge in [0.25, 0.3) is 0 Å². The van der Waals surface area contributed by atoms with Crippen LogP contribution < -0.4 is 0 Å². The number of hydrogen-bond donors (Lipinski definition) is 0. The average Bonchev–Trinajstić information content (AvgIpc) is 1.61. The molecule has 0 saturated carbocycles. The van der Waals surface area contributed by atoms with Gasteiger partial charge >= 0.3 is 0 Å². The molecule has 0 saturated heterocycles. The van der Waals surface area contributed by atoms with E-state index in [2.05, 4.69) is 22.5 Å². The fraction of sp³-hybridized carbons (Fsp3) is 0.600. The van der Waals surface area contributed by atoms with Crippen LogP contribution in [-0.4, -0.2) is 28.4 Å². The summed E-state index contributed by atoms with van der Waals surface area (Å²) < 4.78 is 0. The second kappa shape index (κ2) is 10.1. The molecule has 0 heterocycles. The van der Waals surface area contributed by atoms with Gasteiger partial charge in [0.15, 0.2) is 0 Å². The summed E-state index contributed by atoms with van der Waals surface area (Å²) in [6, 6.07) is 0. The second-order valence-electron chi connectivity index (χ2n) is 1.12. The highest BCUT2D eigenvalue weighted by Gasteiger charge is 1.72. The lowest BCUT2D eigenvalue weighted by atomic mass is 10.3. The largest absolute Gasteiger partial charge is 0.103 e. The number of hydrogen-bond acceptors (Lipinski definition) is 0. The predicted octanol–water partition coefficient (Wildman–Crippen LogP) is 1.97. The molecule has 0 aliphatic heterocycles. The zero-order valence-electron chi connectivity index (χ0n) is 4.49. The first-order valence-corrected chi connectivity index (χ1v) is 3.21. The fourth-order valence-corrected chi connectivity index (χ4v) is 0.545. The minimum Gasteiger partial charge on any atom is -0.103 e. The molecule has 0 bridgehead atoms. The quantitative estimate of drug-likeness (QED) is 0.265. The molecule has 0 atom stereocenters. The van der Waals surface area contributed by atoms with Gasteiger partial charge in [0.2, 0.25) is 0 Å². The first-order valence-electron chi connectivity index (χ1n) is 2.08. The molecule has 38 valence electrons. The van der Waals surface area contributed by atoms with Gasteiger partial charge in [0.1, 0.15) is 0 Å². The van der Waals surface area contributed by atoms with Crippen LogP contribution in [0.1, 0.15) is 12.8 Å². The van der Waals surface area contributed by atoms with Crippen molar-refractivity contribution in [2.75, 3.05) is 5.33 Å². The van der Waals surface area contributed by atoms with E-state index in [4.69, 9.17) is 0 Å². The van der Waals surface area contributed by atoms with Gasteiger partial charge in [0.05, 0.1) is 0 Å². The SMILES string of the molecule is C=CCCCBr.[Mg]. The molecule has 0 fully saturated rings. The lowest BCUT2D eigenvalue weighted by Gasteiger charge is -1.80. The molecule has 2 heteroatoms. The van der Waals surface area contributed by atoms with Crippen molar-refractivity contribution in [2.24, 2.45) is 0 Å². The Balaban J connectivity index is 0. The van der Waals surface area contributed by atoms with Crippen molar-refractivity contribution in [3.63, 3.8) is 0 Å². The van der Waals surface area contributed by atoms with E-state index in [1.807, 2.05) is 6.08 Å². The Hall–Kier alpha value is 0.986. The highest BCUT2D eigenvalue weighted by atomic mass is 79.9. The van der Waals surface area contributed by atoms with Gasteiger partial charge in [-0.2, -0.15) is 0 Å². The van der Waals surface area contributed by atoms with E-state index in [9.17, 15) is 0 Å². The molecular formula is C5H9BrMg.